The number of hydrogen-bond acceptors (Lipinski definition) is 3. The summed E-state index contributed by atoms with van der Waals surface area (Å²) in [7, 11) is 0. The Hall–Kier alpha value is -1.95. The fourth-order valence-electron chi connectivity index (χ4n) is 1.44. The van der Waals surface area contributed by atoms with Crippen LogP contribution in [0.3, 0.4) is 0 Å². The highest BCUT2D eigenvalue weighted by atomic mass is 16.5. The molecular weight excluding hydrogens is 214 g/mol. The molecule has 0 spiro atoms. The summed E-state index contributed by atoms with van der Waals surface area (Å²) in [5.74, 6) is 0.788. The zero-order valence-electron chi connectivity index (χ0n) is 10.0. The molecule has 1 aromatic carbocycles. The molecular formula is C14H17NO2. The third-order valence-corrected chi connectivity index (χ3v) is 2.41. The first-order chi connectivity index (χ1) is 8.31. The van der Waals surface area contributed by atoms with Gasteiger partial charge in [0.05, 0.1) is 24.5 Å². The Morgan fingerprint density at radius 1 is 1.47 bits per heavy atom. The summed E-state index contributed by atoms with van der Waals surface area (Å²) >= 11 is 0. The number of benzene rings is 1. The van der Waals surface area contributed by atoms with E-state index in [9.17, 15) is 0 Å². The maximum atomic E-state index is 8.87. The highest BCUT2D eigenvalue weighted by molar-refractivity contribution is 5.38. The lowest BCUT2D eigenvalue weighted by atomic mass is 10.1. The standard InChI is InChI=1S/C14H17NO2/c1-2-3-8-17-14-7-5-4-6-13(14)9-12(10-15)11-16/h4-7,11,16H,2-3,8-9H2,1H3. The Bertz CT molecular complexity index is 418. The smallest absolute Gasteiger partial charge is 0.122 e. The highest BCUT2D eigenvalue weighted by Crippen LogP contribution is 2.21. The van der Waals surface area contributed by atoms with E-state index >= 15 is 0 Å². The van der Waals surface area contributed by atoms with E-state index in [2.05, 4.69) is 6.92 Å². The van der Waals surface area contributed by atoms with Gasteiger partial charge >= 0.3 is 0 Å². The van der Waals surface area contributed by atoms with E-state index in [0.717, 1.165) is 30.4 Å². The molecule has 0 aromatic heterocycles. The number of unbranched alkanes of at least 4 members (excludes halogenated alkanes) is 1. The molecule has 3 heteroatoms. The highest BCUT2D eigenvalue weighted by Gasteiger charge is 2.05. The fraction of sp³-hybridized carbons (Fsp3) is 0.357. The van der Waals surface area contributed by atoms with Gasteiger partial charge in [0, 0.05) is 6.42 Å². The molecule has 1 N–H and O–H groups in total. The third-order valence-electron chi connectivity index (χ3n) is 2.41. The Morgan fingerprint density at radius 2 is 2.24 bits per heavy atom. The Kier molecular flexibility index (Phi) is 5.67. The van der Waals surface area contributed by atoms with Crippen LogP contribution in [-0.4, -0.2) is 11.7 Å². The Labute approximate surface area is 102 Å². The average Bonchev–Trinajstić information content (AvgIpc) is 2.38. The second-order valence-corrected chi connectivity index (χ2v) is 3.75. The summed E-state index contributed by atoms with van der Waals surface area (Å²) in [5, 5.41) is 17.6. The van der Waals surface area contributed by atoms with Crippen LogP contribution in [0, 0.1) is 11.3 Å². The Morgan fingerprint density at radius 3 is 2.88 bits per heavy atom. The fourth-order valence-corrected chi connectivity index (χ4v) is 1.44. The molecule has 0 aliphatic carbocycles. The van der Waals surface area contributed by atoms with Gasteiger partial charge in [-0.15, -0.1) is 0 Å². The number of allylic oxidation sites excluding steroid dienone is 1. The van der Waals surface area contributed by atoms with Crippen molar-refractivity contribution in [3.63, 3.8) is 0 Å². The number of nitrogens with zero attached hydrogens (tertiary/aromatic N) is 1. The van der Waals surface area contributed by atoms with Crippen LogP contribution in [0.5, 0.6) is 5.75 Å². The molecule has 1 rings (SSSR count). The lowest BCUT2D eigenvalue weighted by molar-refractivity contribution is 0.306. The van der Waals surface area contributed by atoms with Crippen LogP contribution in [0.2, 0.25) is 0 Å². The number of rotatable bonds is 6. The minimum atomic E-state index is 0.330. The number of aliphatic hydroxyl groups excluding tert-OH is 1. The van der Waals surface area contributed by atoms with E-state index in [-0.39, 0.29) is 0 Å². The molecule has 0 unspecified atom stereocenters. The van der Waals surface area contributed by atoms with Crippen molar-refractivity contribution in [3.8, 4) is 11.8 Å². The van der Waals surface area contributed by atoms with Crippen LogP contribution < -0.4 is 4.74 Å². The van der Waals surface area contributed by atoms with E-state index in [1.165, 1.54) is 0 Å². The molecule has 0 fully saturated rings. The molecule has 1 aromatic rings. The van der Waals surface area contributed by atoms with Crippen molar-refractivity contribution in [1.29, 1.82) is 5.26 Å². The van der Waals surface area contributed by atoms with Crippen LogP contribution >= 0.6 is 0 Å². The van der Waals surface area contributed by atoms with Gasteiger partial charge in [0.25, 0.3) is 0 Å². The molecule has 0 aliphatic rings. The molecule has 90 valence electrons. The molecule has 0 amide bonds. The molecule has 0 bridgehead atoms. The molecule has 3 nitrogen and oxygen atoms in total. The van der Waals surface area contributed by atoms with Crippen molar-refractivity contribution >= 4 is 0 Å². The van der Waals surface area contributed by atoms with Crippen molar-refractivity contribution in [3.05, 3.63) is 41.7 Å². The minimum Gasteiger partial charge on any atom is -0.515 e. The number of aliphatic hydroxyl groups is 1. The van der Waals surface area contributed by atoms with E-state index in [1.807, 2.05) is 30.3 Å². The number of ether oxygens (including phenoxy) is 1. The molecule has 0 aliphatic heterocycles. The molecule has 0 saturated heterocycles. The predicted octanol–water partition coefficient (Wildman–Crippen LogP) is 3.37. The second-order valence-electron chi connectivity index (χ2n) is 3.75. The maximum absolute atomic E-state index is 8.87. The molecule has 17 heavy (non-hydrogen) atoms. The summed E-state index contributed by atoms with van der Waals surface area (Å²) in [5.41, 5.74) is 1.25. The predicted molar refractivity (Wildman–Crippen MR) is 66.9 cm³/mol. The first-order valence-corrected chi connectivity index (χ1v) is 5.75. The zero-order valence-corrected chi connectivity index (χ0v) is 10.0. The van der Waals surface area contributed by atoms with Gasteiger partial charge in [-0.3, -0.25) is 0 Å². The lowest BCUT2D eigenvalue weighted by Gasteiger charge is -2.10. The average molecular weight is 231 g/mol. The van der Waals surface area contributed by atoms with Crippen molar-refractivity contribution < 1.29 is 9.84 Å². The molecule has 0 radical (unpaired) electrons. The lowest BCUT2D eigenvalue weighted by Crippen LogP contribution is -2.00. The van der Waals surface area contributed by atoms with E-state index in [4.69, 9.17) is 15.1 Å². The van der Waals surface area contributed by atoms with Crippen molar-refractivity contribution in [1.82, 2.24) is 0 Å². The zero-order chi connectivity index (χ0) is 12.5. The van der Waals surface area contributed by atoms with Gasteiger partial charge in [0.2, 0.25) is 0 Å². The second kappa shape index (κ2) is 7.34. The van der Waals surface area contributed by atoms with Crippen molar-refractivity contribution in [2.45, 2.75) is 26.2 Å². The van der Waals surface area contributed by atoms with Crippen molar-refractivity contribution in [2.24, 2.45) is 0 Å². The topological polar surface area (TPSA) is 53.2 Å². The normalized spacial score (nSPS) is 10.9. The monoisotopic (exact) mass is 231 g/mol. The molecule has 0 atom stereocenters. The first-order valence-electron chi connectivity index (χ1n) is 5.75. The van der Waals surface area contributed by atoms with Gasteiger partial charge in [0.15, 0.2) is 0 Å². The largest absolute Gasteiger partial charge is 0.515 e. The number of para-hydroxylation sites is 1. The minimum absolute atomic E-state index is 0.330. The van der Waals surface area contributed by atoms with Gasteiger partial charge in [-0.25, -0.2) is 0 Å². The first kappa shape index (κ1) is 13.1. The van der Waals surface area contributed by atoms with Gasteiger partial charge in [-0.1, -0.05) is 31.5 Å². The van der Waals surface area contributed by atoms with Crippen LogP contribution in [0.4, 0.5) is 0 Å². The van der Waals surface area contributed by atoms with Crippen LogP contribution in [0.15, 0.2) is 36.1 Å². The van der Waals surface area contributed by atoms with Gasteiger partial charge in [-0.2, -0.15) is 5.26 Å². The number of nitriles is 1. The maximum Gasteiger partial charge on any atom is 0.122 e. The van der Waals surface area contributed by atoms with E-state index in [1.54, 1.807) is 0 Å². The number of hydrogen-bond donors (Lipinski definition) is 1. The molecule has 0 heterocycles. The van der Waals surface area contributed by atoms with Gasteiger partial charge in [-0.05, 0) is 18.1 Å². The van der Waals surface area contributed by atoms with E-state index < -0.39 is 0 Å². The van der Waals surface area contributed by atoms with Crippen molar-refractivity contribution in [2.75, 3.05) is 6.61 Å². The van der Waals surface area contributed by atoms with Crippen LogP contribution in [0.25, 0.3) is 0 Å². The van der Waals surface area contributed by atoms with E-state index in [0.29, 0.717) is 18.6 Å². The van der Waals surface area contributed by atoms with Crippen LogP contribution in [-0.2, 0) is 6.42 Å². The summed E-state index contributed by atoms with van der Waals surface area (Å²) in [6, 6.07) is 9.54. The molecule has 0 saturated carbocycles. The quantitative estimate of drug-likeness (QED) is 0.464. The SMILES string of the molecule is CCCCOc1ccccc1CC(C#N)=CO. The summed E-state index contributed by atoms with van der Waals surface area (Å²) < 4.78 is 5.65. The third kappa shape index (κ3) is 4.20. The Balaban J connectivity index is 2.74. The van der Waals surface area contributed by atoms with Crippen LogP contribution in [0.1, 0.15) is 25.3 Å². The van der Waals surface area contributed by atoms with Gasteiger partial charge < -0.3 is 9.84 Å². The summed E-state index contributed by atoms with van der Waals surface area (Å²) in [6.45, 7) is 2.79. The summed E-state index contributed by atoms with van der Waals surface area (Å²) in [4.78, 5) is 0. The van der Waals surface area contributed by atoms with Gasteiger partial charge in [0.1, 0.15) is 5.75 Å². The summed E-state index contributed by atoms with van der Waals surface area (Å²) in [6.07, 6.45) is 3.34.